The minimum Gasteiger partial charge on any atom is -0.308 e. The summed E-state index contributed by atoms with van der Waals surface area (Å²) in [5, 5.41) is 7.86. The van der Waals surface area contributed by atoms with E-state index in [1.165, 1.54) is 11.1 Å². The smallest absolute Gasteiger partial charge is 0.0641 e. The molecule has 0 saturated carbocycles. The molecule has 2 aromatic rings. The van der Waals surface area contributed by atoms with Crippen LogP contribution in [0.2, 0.25) is 0 Å². The third-order valence-electron chi connectivity index (χ3n) is 3.22. The van der Waals surface area contributed by atoms with E-state index in [9.17, 15) is 0 Å². The van der Waals surface area contributed by atoms with Gasteiger partial charge in [-0.05, 0) is 38.0 Å². The van der Waals surface area contributed by atoms with Crippen molar-refractivity contribution in [1.82, 2.24) is 20.1 Å². The van der Waals surface area contributed by atoms with E-state index in [2.05, 4.69) is 48.4 Å². The van der Waals surface area contributed by atoms with Gasteiger partial charge in [-0.1, -0.05) is 6.07 Å². The number of pyridine rings is 1. The molecule has 2 rings (SSSR count). The Balaban J connectivity index is 1.90. The maximum Gasteiger partial charge on any atom is 0.0641 e. The normalized spacial score (nSPS) is 14.4. The van der Waals surface area contributed by atoms with Gasteiger partial charge >= 0.3 is 0 Å². The lowest BCUT2D eigenvalue weighted by atomic mass is 10.1. The number of hydrogen-bond acceptors (Lipinski definition) is 3. The molecule has 0 amide bonds. The first-order valence-electron chi connectivity index (χ1n) is 6.30. The zero-order valence-corrected chi connectivity index (χ0v) is 11.2. The Labute approximate surface area is 108 Å². The van der Waals surface area contributed by atoms with E-state index >= 15 is 0 Å². The molecule has 2 atom stereocenters. The molecule has 0 aliphatic carbocycles. The molecule has 18 heavy (non-hydrogen) atoms. The maximum atomic E-state index is 4.36. The predicted octanol–water partition coefficient (Wildman–Crippen LogP) is 2.33. The van der Waals surface area contributed by atoms with Crippen LogP contribution < -0.4 is 5.32 Å². The van der Waals surface area contributed by atoms with Crippen LogP contribution in [0.1, 0.15) is 31.0 Å². The Hall–Kier alpha value is -1.68. The van der Waals surface area contributed by atoms with Crippen molar-refractivity contribution in [1.29, 1.82) is 0 Å². The molecule has 0 aliphatic heterocycles. The van der Waals surface area contributed by atoms with E-state index in [4.69, 9.17) is 0 Å². The number of nitrogens with one attached hydrogen (secondary N) is 1. The van der Waals surface area contributed by atoms with Crippen LogP contribution in [0.3, 0.4) is 0 Å². The van der Waals surface area contributed by atoms with Crippen LogP contribution in [-0.4, -0.2) is 20.8 Å². The summed E-state index contributed by atoms with van der Waals surface area (Å²) in [4.78, 5) is 4.11. The Morgan fingerprint density at radius 1 is 1.33 bits per heavy atom. The molecule has 2 aromatic heterocycles. The lowest BCUT2D eigenvalue weighted by Gasteiger charge is -2.21. The van der Waals surface area contributed by atoms with Crippen LogP contribution in [0.15, 0.2) is 36.9 Å². The van der Waals surface area contributed by atoms with Crippen molar-refractivity contribution in [3.05, 3.63) is 48.0 Å². The fourth-order valence-electron chi connectivity index (χ4n) is 1.84. The third kappa shape index (κ3) is 3.17. The average Bonchev–Trinajstić information content (AvgIpc) is 2.83. The van der Waals surface area contributed by atoms with Gasteiger partial charge in [0.2, 0.25) is 0 Å². The second-order valence-corrected chi connectivity index (χ2v) is 4.77. The molecule has 1 N–H and O–H groups in total. The summed E-state index contributed by atoms with van der Waals surface area (Å²) < 4.78 is 2.01. The van der Waals surface area contributed by atoms with Crippen LogP contribution in [0.4, 0.5) is 0 Å². The molecule has 0 fully saturated rings. The second kappa shape index (κ2) is 5.78. The first-order valence-corrected chi connectivity index (χ1v) is 6.30. The van der Waals surface area contributed by atoms with E-state index in [0.29, 0.717) is 12.1 Å². The first-order chi connectivity index (χ1) is 8.66. The van der Waals surface area contributed by atoms with Crippen molar-refractivity contribution in [3.63, 3.8) is 0 Å². The highest BCUT2D eigenvalue weighted by molar-refractivity contribution is 5.08. The number of rotatable bonds is 5. The van der Waals surface area contributed by atoms with Gasteiger partial charge < -0.3 is 5.32 Å². The fourth-order valence-corrected chi connectivity index (χ4v) is 1.84. The average molecular weight is 244 g/mol. The van der Waals surface area contributed by atoms with E-state index in [1.807, 2.05) is 23.1 Å². The van der Waals surface area contributed by atoms with Gasteiger partial charge in [0, 0.05) is 31.2 Å². The largest absolute Gasteiger partial charge is 0.308 e. The lowest BCUT2D eigenvalue weighted by molar-refractivity contribution is 0.365. The number of aryl methyl sites for hydroxylation is 1. The minimum absolute atomic E-state index is 0.329. The second-order valence-electron chi connectivity index (χ2n) is 4.77. The van der Waals surface area contributed by atoms with Crippen LogP contribution >= 0.6 is 0 Å². The molecule has 2 unspecified atom stereocenters. The summed E-state index contributed by atoms with van der Waals surface area (Å²) in [7, 11) is 0. The fraction of sp³-hybridized carbons (Fsp3) is 0.429. The van der Waals surface area contributed by atoms with Crippen LogP contribution in [-0.2, 0) is 6.54 Å². The highest BCUT2D eigenvalue weighted by atomic mass is 15.3. The summed E-state index contributed by atoms with van der Waals surface area (Å²) in [5.41, 5.74) is 2.40. The summed E-state index contributed by atoms with van der Waals surface area (Å²) in [6.07, 6.45) is 7.65. The predicted molar refractivity (Wildman–Crippen MR) is 72.2 cm³/mol. The molecular formula is C14H20N4. The molecular weight excluding hydrogens is 224 g/mol. The lowest BCUT2D eigenvalue weighted by Crippen LogP contribution is -2.33. The summed E-state index contributed by atoms with van der Waals surface area (Å²) in [6.45, 7) is 7.24. The zero-order valence-electron chi connectivity index (χ0n) is 11.2. The molecule has 0 aliphatic rings. The van der Waals surface area contributed by atoms with E-state index in [1.54, 1.807) is 6.20 Å². The molecule has 4 heteroatoms. The van der Waals surface area contributed by atoms with Gasteiger partial charge in [0.25, 0.3) is 0 Å². The Kier molecular flexibility index (Phi) is 4.10. The highest BCUT2D eigenvalue weighted by Crippen LogP contribution is 2.11. The molecule has 0 radical (unpaired) electrons. The van der Waals surface area contributed by atoms with Gasteiger partial charge in [-0.3, -0.25) is 9.67 Å². The summed E-state index contributed by atoms with van der Waals surface area (Å²) >= 11 is 0. The molecule has 0 bridgehead atoms. The van der Waals surface area contributed by atoms with Gasteiger partial charge in [0.05, 0.1) is 12.2 Å². The van der Waals surface area contributed by atoms with Gasteiger partial charge in [-0.2, -0.15) is 5.10 Å². The topological polar surface area (TPSA) is 42.7 Å². The highest BCUT2D eigenvalue weighted by Gasteiger charge is 2.13. The van der Waals surface area contributed by atoms with Crippen molar-refractivity contribution >= 4 is 0 Å². The van der Waals surface area contributed by atoms with E-state index in [0.717, 1.165) is 6.54 Å². The van der Waals surface area contributed by atoms with Crippen LogP contribution in [0.25, 0.3) is 0 Å². The summed E-state index contributed by atoms with van der Waals surface area (Å²) in [5.74, 6) is 0. The standard InChI is InChI=1S/C14H20N4/c1-11-7-17-18(10-11)13(3)12(2)16-9-14-5-4-6-15-8-14/h4-8,10,12-13,16H,9H2,1-3H3. The van der Waals surface area contributed by atoms with Crippen molar-refractivity contribution in [2.45, 2.75) is 39.4 Å². The Bertz CT molecular complexity index is 478. The van der Waals surface area contributed by atoms with Crippen molar-refractivity contribution in [3.8, 4) is 0 Å². The van der Waals surface area contributed by atoms with Crippen molar-refractivity contribution in [2.24, 2.45) is 0 Å². The monoisotopic (exact) mass is 244 g/mol. The minimum atomic E-state index is 0.329. The Morgan fingerprint density at radius 3 is 2.78 bits per heavy atom. The molecule has 96 valence electrons. The SMILES string of the molecule is Cc1cnn(C(C)C(C)NCc2cccnc2)c1. The molecule has 0 aromatic carbocycles. The van der Waals surface area contributed by atoms with Crippen molar-refractivity contribution in [2.75, 3.05) is 0 Å². The summed E-state index contributed by atoms with van der Waals surface area (Å²) in [6, 6.07) is 4.72. The number of nitrogens with zero attached hydrogens (tertiary/aromatic N) is 3. The molecule has 0 spiro atoms. The molecule has 4 nitrogen and oxygen atoms in total. The van der Waals surface area contributed by atoms with Gasteiger partial charge in [0.15, 0.2) is 0 Å². The maximum absolute atomic E-state index is 4.36. The quantitative estimate of drug-likeness (QED) is 0.877. The van der Waals surface area contributed by atoms with Crippen LogP contribution in [0.5, 0.6) is 0 Å². The number of hydrogen-bond donors (Lipinski definition) is 1. The zero-order chi connectivity index (χ0) is 13.0. The van der Waals surface area contributed by atoms with Gasteiger partial charge in [-0.15, -0.1) is 0 Å². The molecule has 2 heterocycles. The van der Waals surface area contributed by atoms with E-state index in [-0.39, 0.29) is 0 Å². The van der Waals surface area contributed by atoms with Gasteiger partial charge in [0.1, 0.15) is 0 Å². The third-order valence-corrected chi connectivity index (χ3v) is 3.22. The van der Waals surface area contributed by atoms with E-state index < -0.39 is 0 Å². The van der Waals surface area contributed by atoms with Crippen molar-refractivity contribution < 1.29 is 0 Å². The molecule has 0 saturated heterocycles. The number of aromatic nitrogens is 3. The van der Waals surface area contributed by atoms with Gasteiger partial charge in [-0.25, -0.2) is 0 Å². The van der Waals surface area contributed by atoms with Crippen LogP contribution in [0, 0.1) is 6.92 Å². The first kappa shape index (κ1) is 12.8. The Morgan fingerprint density at radius 2 is 2.17 bits per heavy atom.